The Labute approximate surface area is 83.3 Å². The standard InChI is InChI=1S/C8H7ClF3NO/c1-4-2-6(8(10,11)12)13-7(9)5(4)3-14/h2,14H,3H2,1H3. The molecule has 6 heteroatoms. The van der Waals surface area contributed by atoms with Crippen molar-refractivity contribution >= 4 is 11.6 Å². The number of aliphatic hydroxyl groups is 1. The van der Waals surface area contributed by atoms with Crippen molar-refractivity contribution in [3.63, 3.8) is 0 Å². The van der Waals surface area contributed by atoms with Crippen molar-refractivity contribution in [2.75, 3.05) is 0 Å². The molecule has 1 aromatic rings. The van der Waals surface area contributed by atoms with Gasteiger partial charge >= 0.3 is 6.18 Å². The monoisotopic (exact) mass is 225 g/mol. The summed E-state index contributed by atoms with van der Waals surface area (Å²) in [6, 6.07) is 0.859. The number of hydrogen-bond donors (Lipinski definition) is 1. The van der Waals surface area contributed by atoms with Crippen LogP contribution in [-0.4, -0.2) is 10.1 Å². The third kappa shape index (κ3) is 2.16. The first-order valence-electron chi connectivity index (χ1n) is 3.70. The van der Waals surface area contributed by atoms with Gasteiger partial charge in [-0.05, 0) is 18.6 Å². The Kier molecular flexibility index (Phi) is 3.01. The maximum absolute atomic E-state index is 12.2. The van der Waals surface area contributed by atoms with Crippen LogP contribution < -0.4 is 0 Å². The van der Waals surface area contributed by atoms with Crippen molar-refractivity contribution in [3.8, 4) is 0 Å². The first-order chi connectivity index (χ1) is 6.36. The number of nitrogens with zero attached hydrogens (tertiary/aromatic N) is 1. The summed E-state index contributed by atoms with van der Waals surface area (Å²) in [5.74, 6) is 0. The van der Waals surface area contributed by atoms with Gasteiger partial charge in [0.15, 0.2) is 0 Å². The molecule has 14 heavy (non-hydrogen) atoms. The van der Waals surface area contributed by atoms with Crippen LogP contribution in [0.1, 0.15) is 16.8 Å². The SMILES string of the molecule is Cc1cc(C(F)(F)F)nc(Cl)c1CO. The van der Waals surface area contributed by atoms with Gasteiger partial charge in [0.25, 0.3) is 0 Å². The van der Waals surface area contributed by atoms with Crippen LogP contribution in [0.4, 0.5) is 13.2 Å². The molecule has 0 aliphatic heterocycles. The Morgan fingerprint density at radius 1 is 1.50 bits per heavy atom. The van der Waals surface area contributed by atoms with E-state index in [9.17, 15) is 13.2 Å². The van der Waals surface area contributed by atoms with Gasteiger partial charge in [0.2, 0.25) is 0 Å². The van der Waals surface area contributed by atoms with Crippen LogP contribution in [0.25, 0.3) is 0 Å². The average Bonchev–Trinajstić information content (AvgIpc) is 2.01. The van der Waals surface area contributed by atoms with Crippen LogP contribution in [0.15, 0.2) is 6.07 Å². The molecular formula is C8H7ClF3NO. The minimum Gasteiger partial charge on any atom is -0.392 e. The number of rotatable bonds is 1. The fourth-order valence-corrected chi connectivity index (χ4v) is 1.30. The molecule has 0 aliphatic carbocycles. The van der Waals surface area contributed by atoms with Crippen molar-refractivity contribution in [2.45, 2.75) is 19.7 Å². The van der Waals surface area contributed by atoms with Crippen LogP contribution in [0, 0.1) is 6.92 Å². The van der Waals surface area contributed by atoms with E-state index in [1.165, 1.54) is 6.92 Å². The maximum Gasteiger partial charge on any atom is 0.433 e. The molecule has 0 amide bonds. The summed E-state index contributed by atoms with van der Waals surface area (Å²) in [5, 5.41) is 8.48. The highest BCUT2D eigenvalue weighted by Crippen LogP contribution is 2.31. The molecule has 0 aromatic carbocycles. The van der Waals surface area contributed by atoms with E-state index in [0.29, 0.717) is 0 Å². The van der Waals surface area contributed by atoms with Gasteiger partial charge < -0.3 is 5.11 Å². The van der Waals surface area contributed by atoms with Crippen molar-refractivity contribution in [3.05, 3.63) is 28.0 Å². The summed E-state index contributed by atoms with van der Waals surface area (Å²) < 4.78 is 36.6. The summed E-state index contributed by atoms with van der Waals surface area (Å²) in [6.45, 7) is 1.02. The lowest BCUT2D eigenvalue weighted by molar-refractivity contribution is -0.141. The Morgan fingerprint density at radius 2 is 2.07 bits per heavy atom. The summed E-state index contributed by atoms with van der Waals surface area (Å²) >= 11 is 5.47. The molecule has 1 aromatic heterocycles. The first kappa shape index (κ1) is 11.3. The Balaban J connectivity index is 3.28. The molecule has 0 atom stereocenters. The van der Waals surface area contributed by atoms with Crippen LogP contribution in [0.3, 0.4) is 0 Å². The third-order valence-corrected chi connectivity index (χ3v) is 2.06. The zero-order chi connectivity index (χ0) is 10.9. The predicted molar refractivity (Wildman–Crippen MR) is 44.9 cm³/mol. The van der Waals surface area contributed by atoms with E-state index in [1.807, 2.05) is 0 Å². The lowest BCUT2D eigenvalue weighted by Gasteiger charge is -2.10. The second-order valence-corrected chi connectivity index (χ2v) is 3.11. The van der Waals surface area contributed by atoms with E-state index in [2.05, 4.69) is 4.98 Å². The van der Waals surface area contributed by atoms with E-state index < -0.39 is 18.5 Å². The molecular weight excluding hydrogens is 219 g/mol. The quantitative estimate of drug-likeness (QED) is 0.745. The topological polar surface area (TPSA) is 33.1 Å². The van der Waals surface area contributed by atoms with Crippen molar-refractivity contribution in [1.82, 2.24) is 4.98 Å². The fourth-order valence-electron chi connectivity index (χ4n) is 0.996. The average molecular weight is 226 g/mol. The number of alkyl halides is 3. The largest absolute Gasteiger partial charge is 0.433 e. The first-order valence-corrected chi connectivity index (χ1v) is 4.08. The molecule has 2 nitrogen and oxygen atoms in total. The highest BCUT2D eigenvalue weighted by Gasteiger charge is 2.33. The Morgan fingerprint density at radius 3 is 2.43 bits per heavy atom. The molecule has 1 N–H and O–H groups in total. The molecule has 0 unspecified atom stereocenters. The smallest absolute Gasteiger partial charge is 0.392 e. The predicted octanol–water partition coefficient (Wildman–Crippen LogP) is 2.55. The molecule has 0 bridgehead atoms. The van der Waals surface area contributed by atoms with Crippen LogP contribution in [-0.2, 0) is 12.8 Å². The van der Waals surface area contributed by atoms with Crippen molar-refractivity contribution in [2.24, 2.45) is 0 Å². The van der Waals surface area contributed by atoms with Crippen LogP contribution in [0.2, 0.25) is 5.15 Å². The molecule has 1 heterocycles. The maximum atomic E-state index is 12.2. The lowest BCUT2D eigenvalue weighted by Crippen LogP contribution is -2.10. The second kappa shape index (κ2) is 3.74. The number of pyridine rings is 1. The lowest BCUT2D eigenvalue weighted by atomic mass is 10.1. The summed E-state index contributed by atoms with van der Waals surface area (Å²) in [6.07, 6.45) is -4.51. The molecule has 0 saturated heterocycles. The minimum atomic E-state index is -4.51. The Hall–Kier alpha value is -0.810. The molecule has 0 radical (unpaired) electrons. The van der Waals surface area contributed by atoms with Gasteiger partial charge in [-0.3, -0.25) is 0 Å². The molecule has 1 rings (SSSR count). The molecule has 0 spiro atoms. The van der Waals surface area contributed by atoms with E-state index >= 15 is 0 Å². The van der Waals surface area contributed by atoms with E-state index in [0.717, 1.165) is 6.07 Å². The summed E-state index contributed by atoms with van der Waals surface area (Å²) in [4.78, 5) is 3.16. The van der Waals surface area contributed by atoms with Gasteiger partial charge in [-0.25, -0.2) is 4.98 Å². The van der Waals surface area contributed by atoms with Gasteiger partial charge in [-0.1, -0.05) is 11.6 Å². The molecule has 78 valence electrons. The van der Waals surface area contributed by atoms with Gasteiger partial charge in [0.1, 0.15) is 10.8 Å². The highest BCUT2D eigenvalue weighted by atomic mass is 35.5. The highest BCUT2D eigenvalue weighted by molar-refractivity contribution is 6.30. The summed E-state index contributed by atoms with van der Waals surface area (Å²) in [7, 11) is 0. The van der Waals surface area contributed by atoms with Gasteiger partial charge in [-0.15, -0.1) is 0 Å². The molecule has 0 aliphatic rings. The third-order valence-electron chi connectivity index (χ3n) is 1.75. The molecule has 0 fully saturated rings. The number of hydrogen-bond acceptors (Lipinski definition) is 2. The normalized spacial score (nSPS) is 11.9. The van der Waals surface area contributed by atoms with Crippen molar-refractivity contribution < 1.29 is 18.3 Å². The zero-order valence-corrected chi connectivity index (χ0v) is 7.95. The minimum absolute atomic E-state index is 0.222. The van der Waals surface area contributed by atoms with E-state index in [-0.39, 0.29) is 16.3 Å². The number of aryl methyl sites for hydroxylation is 1. The number of aliphatic hydroxyl groups excluding tert-OH is 1. The summed E-state index contributed by atoms with van der Waals surface area (Å²) in [5.41, 5.74) is -0.545. The van der Waals surface area contributed by atoms with E-state index in [1.54, 1.807) is 0 Å². The Bertz CT molecular complexity index is 328. The van der Waals surface area contributed by atoms with Crippen LogP contribution >= 0.6 is 11.6 Å². The second-order valence-electron chi connectivity index (χ2n) is 2.75. The zero-order valence-electron chi connectivity index (χ0n) is 7.19. The molecule has 0 saturated carbocycles. The number of halogens is 4. The van der Waals surface area contributed by atoms with Gasteiger partial charge in [0, 0.05) is 5.56 Å². The van der Waals surface area contributed by atoms with Crippen molar-refractivity contribution in [1.29, 1.82) is 0 Å². The fraction of sp³-hybridized carbons (Fsp3) is 0.375. The van der Waals surface area contributed by atoms with Gasteiger partial charge in [0.05, 0.1) is 6.61 Å². The van der Waals surface area contributed by atoms with E-state index in [4.69, 9.17) is 16.7 Å². The van der Waals surface area contributed by atoms with Gasteiger partial charge in [-0.2, -0.15) is 13.2 Å². The number of aromatic nitrogens is 1. The van der Waals surface area contributed by atoms with Crippen LogP contribution in [0.5, 0.6) is 0 Å².